The molecule has 0 aromatic heterocycles. The molecule has 3 aromatic rings. The third kappa shape index (κ3) is 6.38. The summed E-state index contributed by atoms with van der Waals surface area (Å²) in [5, 5.41) is 10.8. The first-order valence-electron chi connectivity index (χ1n) is 11.3. The molecule has 1 N–H and O–H groups in total. The molecule has 0 aliphatic rings. The number of benzene rings is 3. The van der Waals surface area contributed by atoms with Gasteiger partial charge in [0.1, 0.15) is 11.5 Å². The number of ether oxygens (including phenoxy) is 1. The van der Waals surface area contributed by atoms with E-state index in [0.717, 1.165) is 54.9 Å². The van der Waals surface area contributed by atoms with E-state index in [1.165, 1.54) is 0 Å². The topological polar surface area (TPSA) is 32.7 Å². The van der Waals surface area contributed by atoms with E-state index in [1.54, 1.807) is 12.1 Å². The minimum Gasteiger partial charge on any atom is -0.507 e. The van der Waals surface area contributed by atoms with E-state index >= 15 is 0 Å². The Hall–Kier alpha value is -2.75. The van der Waals surface area contributed by atoms with Crippen LogP contribution in [0.2, 0.25) is 0 Å². The van der Waals surface area contributed by atoms with Crippen molar-refractivity contribution < 1.29 is 9.84 Å². The van der Waals surface area contributed by atoms with Crippen molar-refractivity contribution in [3.63, 3.8) is 0 Å². The molecule has 0 unspecified atom stereocenters. The van der Waals surface area contributed by atoms with Crippen molar-refractivity contribution in [3.05, 3.63) is 95.6 Å². The second-order valence-corrected chi connectivity index (χ2v) is 8.06. The van der Waals surface area contributed by atoms with Crippen molar-refractivity contribution in [1.29, 1.82) is 0 Å². The zero-order valence-electron chi connectivity index (χ0n) is 18.9. The lowest BCUT2D eigenvalue weighted by molar-refractivity contribution is 0.266. The van der Waals surface area contributed by atoms with Crippen LogP contribution >= 0.6 is 11.6 Å². The molecule has 3 aromatic carbocycles. The summed E-state index contributed by atoms with van der Waals surface area (Å²) in [5.74, 6) is 1.01. The predicted octanol–water partition coefficient (Wildman–Crippen LogP) is 7.05. The fourth-order valence-corrected chi connectivity index (χ4v) is 4.08. The second-order valence-electron chi connectivity index (χ2n) is 7.68. The number of hydrogen-bond acceptors (Lipinski definition) is 3. The highest BCUT2D eigenvalue weighted by molar-refractivity contribution is 6.53. The highest BCUT2D eigenvalue weighted by Gasteiger charge is 2.15. The van der Waals surface area contributed by atoms with Gasteiger partial charge in [0.15, 0.2) is 0 Å². The maximum absolute atomic E-state index is 10.3. The smallest absolute Gasteiger partial charge is 0.124 e. The number of hydrogen-bond donors (Lipinski definition) is 1. The number of para-hydroxylation sites is 1. The number of phenols is 1. The molecule has 3 rings (SSSR count). The first-order chi connectivity index (χ1) is 15.6. The average Bonchev–Trinajstić information content (AvgIpc) is 2.83. The van der Waals surface area contributed by atoms with Crippen molar-refractivity contribution in [2.24, 2.45) is 0 Å². The molecule has 0 bridgehead atoms. The molecule has 0 atom stereocenters. The quantitative estimate of drug-likeness (QED) is 0.251. The molecular weight excluding hydrogens is 418 g/mol. The molecule has 0 aliphatic carbocycles. The fraction of sp³-hybridized carbons (Fsp3) is 0.286. The Bertz CT molecular complexity index is 995. The molecule has 4 heteroatoms. The van der Waals surface area contributed by atoms with Crippen LogP contribution in [-0.2, 0) is 0 Å². The van der Waals surface area contributed by atoms with Crippen LogP contribution in [0.25, 0.3) is 10.6 Å². The normalized spacial score (nSPS) is 12.0. The zero-order chi connectivity index (χ0) is 22.8. The number of halogens is 1. The van der Waals surface area contributed by atoms with E-state index in [9.17, 15) is 5.11 Å². The molecular formula is C28H32ClNO2. The Balaban J connectivity index is 1.76. The number of unbranched alkanes of at least 4 members (excludes halogenated alkanes) is 1. The standard InChI is InChI=1S/C28H32ClNO2/c1-3-30(4-2)20-10-11-21-32-24-18-16-23(17-19-24)27(22-12-6-5-7-13-22)28(29)25-14-8-9-15-26(25)31/h5-9,12-19,31H,3-4,10-11,20-21H2,1-2H3. The summed E-state index contributed by atoms with van der Waals surface area (Å²) in [4.78, 5) is 2.43. The summed E-state index contributed by atoms with van der Waals surface area (Å²) in [7, 11) is 0. The lowest BCUT2D eigenvalue weighted by Gasteiger charge is -2.17. The highest BCUT2D eigenvalue weighted by atomic mass is 35.5. The van der Waals surface area contributed by atoms with Gasteiger partial charge in [0, 0.05) is 11.1 Å². The second kappa shape index (κ2) is 12.3. The summed E-state index contributed by atoms with van der Waals surface area (Å²) in [6, 6.07) is 25.2. The molecule has 0 amide bonds. The third-order valence-electron chi connectivity index (χ3n) is 5.60. The Morgan fingerprint density at radius 2 is 1.44 bits per heavy atom. The molecule has 0 fully saturated rings. The summed E-state index contributed by atoms with van der Waals surface area (Å²) >= 11 is 6.84. The molecule has 0 aliphatic heterocycles. The van der Waals surface area contributed by atoms with Gasteiger partial charge in [-0.15, -0.1) is 0 Å². The predicted molar refractivity (Wildman–Crippen MR) is 135 cm³/mol. The van der Waals surface area contributed by atoms with Gasteiger partial charge in [-0.25, -0.2) is 0 Å². The van der Waals surface area contributed by atoms with E-state index in [2.05, 4.69) is 18.7 Å². The largest absolute Gasteiger partial charge is 0.507 e. The van der Waals surface area contributed by atoms with Gasteiger partial charge >= 0.3 is 0 Å². The minimum atomic E-state index is 0.163. The number of nitrogens with zero attached hydrogens (tertiary/aromatic N) is 1. The molecule has 0 saturated carbocycles. The molecule has 0 radical (unpaired) electrons. The van der Waals surface area contributed by atoms with Gasteiger partial charge in [0.25, 0.3) is 0 Å². The van der Waals surface area contributed by atoms with Crippen molar-refractivity contribution in [2.75, 3.05) is 26.2 Å². The van der Waals surface area contributed by atoms with Crippen LogP contribution in [0.5, 0.6) is 11.5 Å². The third-order valence-corrected chi connectivity index (χ3v) is 5.99. The van der Waals surface area contributed by atoms with Gasteiger partial charge < -0.3 is 14.7 Å². The van der Waals surface area contributed by atoms with Crippen LogP contribution in [0.15, 0.2) is 78.9 Å². The Morgan fingerprint density at radius 1 is 0.812 bits per heavy atom. The van der Waals surface area contributed by atoms with E-state index in [-0.39, 0.29) is 5.75 Å². The highest BCUT2D eigenvalue weighted by Crippen LogP contribution is 2.38. The van der Waals surface area contributed by atoms with Crippen LogP contribution in [0.3, 0.4) is 0 Å². The Kier molecular flexibility index (Phi) is 9.21. The maximum atomic E-state index is 10.3. The molecule has 0 spiro atoms. The van der Waals surface area contributed by atoms with E-state index in [4.69, 9.17) is 16.3 Å². The summed E-state index contributed by atoms with van der Waals surface area (Å²) in [5.41, 5.74) is 3.45. The first kappa shape index (κ1) is 23.9. The van der Waals surface area contributed by atoms with Crippen LogP contribution in [-0.4, -0.2) is 36.2 Å². The molecule has 3 nitrogen and oxygen atoms in total. The minimum absolute atomic E-state index is 0.163. The van der Waals surface area contributed by atoms with Crippen LogP contribution < -0.4 is 4.74 Å². The lowest BCUT2D eigenvalue weighted by Crippen LogP contribution is -2.24. The lowest BCUT2D eigenvalue weighted by atomic mass is 9.95. The molecule has 0 heterocycles. The van der Waals surface area contributed by atoms with E-state index in [0.29, 0.717) is 17.2 Å². The Morgan fingerprint density at radius 3 is 2.09 bits per heavy atom. The SMILES string of the molecule is CCN(CC)CCCCOc1ccc(C(=C(Cl)c2ccccc2O)c2ccccc2)cc1. The van der Waals surface area contributed by atoms with Crippen molar-refractivity contribution in [3.8, 4) is 11.5 Å². The van der Waals surface area contributed by atoms with Crippen LogP contribution in [0.1, 0.15) is 43.4 Å². The van der Waals surface area contributed by atoms with Gasteiger partial charge in [-0.2, -0.15) is 0 Å². The van der Waals surface area contributed by atoms with Gasteiger partial charge in [-0.1, -0.05) is 80.0 Å². The van der Waals surface area contributed by atoms with Gasteiger partial charge in [0.2, 0.25) is 0 Å². The molecule has 32 heavy (non-hydrogen) atoms. The average molecular weight is 450 g/mol. The molecule has 0 saturated heterocycles. The van der Waals surface area contributed by atoms with Gasteiger partial charge in [-0.3, -0.25) is 0 Å². The van der Waals surface area contributed by atoms with Gasteiger partial charge in [-0.05, 0) is 67.9 Å². The van der Waals surface area contributed by atoms with Crippen LogP contribution in [0, 0.1) is 0 Å². The number of aromatic hydroxyl groups is 1. The summed E-state index contributed by atoms with van der Waals surface area (Å²) < 4.78 is 5.95. The maximum Gasteiger partial charge on any atom is 0.124 e. The Labute approximate surface area is 196 Å². The number of rotatable bonds is 11. The zero-order valence-corrected chi connectivity index (χ0v) is 19.7. The first-order valence-corrected chi connectivity index (χ1v) is 11.7. The van der Waals surface area contributed by atoms with Crippen LogP contribution in [0.4, 0.5) is 0 Å². The fourth-order valence-electron chi connectivity index (χ4n) is 3.70. The number of phenolic OH excluding ortho intramolecular Hbond substituents is 1. The summed E-state index contributed by atoms with van der Waals surface area (Å²) in [6.45, 7) is 8.42. The monoisotopic (exact) mass is 449 g/mol. The van der Waals surface area contributed by atoms with Crippen molar-refractivity contribution in [1.82, 2.24) is 4.90 Å². The molecule has 168 valence electrons. The van der Waals surface area contributed by atoms with E-state index in [1.807, 2.05) is 66.7 Å². The van der Waals surface area contributed by atoms with E-state index < -0.39 is 0 Å². The van der Waals surface area contributed by atoms with Crippen molar-refractivity contribution >= 4 is 22.2 Å². The van der Waals surface area contributed by atoms with Gasteiger partial charge in [0.05, 0.1) is 11.6 Å². The van der Waals surface area contributed by atoms with Crippen molar-refractivity contribution in [2.45, 2.75) is 26.7 Å². The summed E-state index contributed by atoms with van der Waals surface area (Å²) in [6.07, 6.45) is 2.17.